The van der Waals surface area contributed by atoms with Crippen LogP contribution in [0, 0.1) is 27.7 Å². The highest BCUT2D eigenvalue weighted by Gasteiger charge is 2.28. The molecule has 1 N–H and O–H groups in total. The standard InChI is InChI=1S/C27H32N2O3S2/c1-18-7-9-23(10-8-18)29(34(31,32)25-13-11-24(33-6)12-14-25)17-27(30)28-22(5)26-16-20(3)19(2)15-21(26)4/h7-16,22H,17H2,1-6H3,(H,28,30)/t22-/m0/s1. The molecular weight excluding hydrogens is 464 g/mol. The number of carbonyl (C=O) groups excluding carboxylic acids is 1. The SMILES string of the molecule is CSc1ccc(S(=O)(=O)N(CC(=O)N[C@@H](C)c2cc(C)c(C)cc2C)c2ccc(C)cc2)cc1. The summed E-state index contributed by atoms with van der Waals surface area (Å²) in [6.07, 6.45) is 1.94. The molecule has 1 amide bonds. The second-order valence-corrected chi connectivity index (χ2v) is 11.3. The molecule has 0 aliphatic rings. The Morgan fingerprint density at radius 1 is 0.912 bits per heavy atom. The molecule has 5 nitrogen and oxygen atoms in total. The molecule has 0 aromatic heterocycles. The summed E-state index contributed by atoms with van der Waals surface area (Å²) in [6.45, 7) is 9.66. The van der Waals surface area contributed by atoms with E-state index in [4.69, 9.17) is 0 Å². The molecule has 0 aliphatic carbocycles. The Kier molecular flexibility index (Phi) is 8.10. The molecule has 0 fully saturated rings. The molecule has 0 bridgehead atoms. The zero-order chi connectivity index (χ0) is 25.0. The van der Waals surface area contributed by atoms with E-state index in [0.717, 1.165) is 27.1 Å². The molecule has 180 valence electrons. The van der Waals surface area contributed by atoms with Crippen LogP contribution >= 0.6 is 11.8 Å². The summed E-state index contributed by atoms with van der Waals surface area (Å²) in [5.41, 5.74) is 5.92. The van der Waals surface area contributed by atoms with Crippen molar-refractivity contribution in [2.75, 3.05) is 17.1 Å². The fraction of sp³-hybridized carbons (Fsp3) is 0.296. The molecule has 0 radical (unpaired) electrons. The topological polar surface area (TPSA) is 66.5 Å². The van der Waals surface area contributed by atoms with E-state index in [0.29, 0.717) is 5.69 Å². The molecule has 3 rings (SSSR count). The normalized spacial score (nSPS) is 12.3. The van der Waals surface area contributed by atoms with Crippen LogP contribution in [0.5, 0.6) is 0 Å². The number of carbonyl (C=O) groups is 1. The van der Waals surface area contributed by atoms with Crippen molar-refractivity contribution in [2.24, 2.45) is 0 Å². The van der Waals surface area contributed by atoms with Gasteiger partial charge in [0.05, 0.1) is 16.6 Å². The molecule has 0 heterocycles. The lowest BCUT2D eigenvalue weighted by atomic mass is 9.96. The number of anilines is 1. The van der Waals surface area contributed by atoms with E-state index >= 15 is 0 Å². The molecule has 0 saturated carbocycles. The van der Waals surface area contributed by atoms with E-state index in [1.807, 2.05) is 46.1 Å². The minimum absolute atomic E-state index is 0.150. The molecule has 0 spiro atoms. The Bertz CT molecular complexity index is 1270. The Morgan fingerprint density at radius 3 is 2.09 bits per heavy atom. The number of amides is 1. The predicted octanol–water partition coefficient (Wildman–Crippen LogP) is 5.71. The summed E-state index contributed by atoms with van der Waals surface area (Å²) in [5.74, 6) is -0.366. The van der Waals surface area contributed by atoms with Crippen LogP contribution in [0.2, 0.25) is 0 Å². The maximum Gasteiger partial charge on any atom is 0.264 e. The Morgan fingerprint density at radius 2 is 1.50 bits per heavy atom. The van der Waals surface area contributed by atoms with Gasteiger partial charge in [-0.2, -0.15) is 0 Å². The Labute approximate surface area is 207 Å². The van der Waals surface area contributed by atoms with Crippen LogP contribution in [0.3, 0.4) is 0 Å². The largest absolute Gasteiger partial charge is 0.348 e. The van der Waals surface area contributed by atoms with E-state index in [1.54, 1.807) is 48.2 Å². The first-order valence-corrected chi connectivity index (χ1v) is 13.8. The summed E-state index contributed by atoms with van der Waals surface area (Å²) in [6, 6.07) is 17.8. The van der Waals surface area contributed by atoms with Gasteiger partial charge in [0.2, 0.25) is 5.91 Å². The fourth-order valence-electron chi connectivity index (χ4n) is 3.85. The highest BCUT2D eigenvalue weighted by Crippen LogP contribution is 2.26. The first-order valence-electron chi connectivity index (χ1n) is 11.1. The van der Waals surface area contributed by atoms with Gasteiger partial charge < -0.3 is 5.32 Å². The average Bonchev–Trinajstić information content (AvgIpc) is 2.80. The van der Waals surface area contributed by atoms with E-state index in [1.165, 1.54) is 9.87 Å². The van der Waals surface area contributed by atoms with Crippen LogP contribution < -0.4 is 9.62 Å². The van der Waals surface area contributed by atoms with E-state index in [9.17, 15) is 13.2 Å². The lowest BCUT2D eigenvalue weighted by Crippen LogP contribution is -2.41. The van der Waals surface area contributed by atoms with Crippen LogP contribution in [0.15, 0.2) is 70.5 Å². The number of nitrogens with zero attached hydrogens (tertiary/aromatic N) is 1. The van der Waals surface area contributed by atoms with Gasteiger partial charge >= 0.3 is 0 Å². The summed E-state index contributed by atoms with van der Waals surface area (Å²) in [4.78, 5) is 14.2. The minimum Gasteiger partial charge on any atom is -0.348 e. The van der Waals surface area contributed by atoms with Gasteiger partial charge in [-0.05, 0) is 99.5 Å². The third kappa shape index (κ3) is 5.83. The van der Waals surface area contributed by atoms with Crippen molar-refractivity contribution >= 4 is 33.4 Å². The molecular formula is C27H32N2O3S2. The van der Waals surface area contributed by atoms with E-state index in [2.05, 4.69) is 24.4 Å². The number of rotatable bonds is 8. The molecule has 3 aromatic carbocycles. The molecule has 1 atom stereocenters. The van der Waals surface area contributed by atoms with Crippen molar-refractivity contribution in [3.05, 3.63) is 88.5 Å². The number of hydrogen-bond donors (Lipinski definition) is 1. The fourth-order valence-corrected chi connectivity index (χ4v) is 5.67. The number of benzene rings is 3. The highest BCUT2D eigenvalue weighted by molar-refractivity contribution is 7.98. The van der Waals surface area contributed by atoms with Gasteiger partial charge in [0.1, 0.15) is 6.54 Å². The van der Waals surface area contributed by atoms with Gasteiger partial charge in [0, 0.05) is 4.90 Å². The molecule has 0 unspecified atom stereocenters. The van der Waals surface area contributed by atoms with Crippen molar-refractivity contribution in [3.63, 3.8) is 0 Å². The third-order valence-corrected chi connectivity index (χ3v) is 8.51. The first-order chi connectivity index (χ1) is 16.0. The van der Waals surface area contributed by atoms with Crippen LogP contribution in [-0.4, -0.2) is 27.1 Å². The van der Waals surface area contributed by atoms with Gasteiger partial charge in [0.15, 0.2) is 0 Å². The van der Waals surface area contributed by atoms with E-state index in [-0.39, 0.29) is 23.4 Å². The zero-order valence-corrected chi connectivity index (χ0v) is 22.2. The highest BCUT2D eigenvalue weighted by atomic mass is 32.2. The Balaban J connectivity index is 1.90. The monoisotopic (exact) mass is 496 g/mol. The van der Waals surface area contributed by atoms with Crippen molar-refractivity contribution < 1.29 is 13.2 Å². The lowest BCUT2D eigenvalue weighted by molar-refractivity contribution is -0.120. The maximum absolute atomic E-state index is 13.6. The molecule has 3 aromatic rings. The van der Waals surface area contributed by atoms with Gasteiger partial charge in [-0.1, -0.05) is 29.8 Å². The average molecular weight is 497 g/mol. The molecule has 7 heteroatoms. The zero-order valence-electron chi connectivity index (χ0n) is 20.5. The van der Waals surface area contributed by atoms with Crippen molar-refractivity contribution in [2.45, 2.75) is 50.5 Å². The first kappa shape index (κ1) is 25.8. The Hall–Kier alpha value is -2.77. The lowest BCUT2D eigenvalue weighted by Gasteiger charge is -2.26. The van der Waals surface area contributed by atoms with Gasteiger partial charge in [0.25, 0.3) is 10.0 Å². The minimum atomic E-state index is -3.94. The molecule has 34 heavy (non-hydrogen) atoms. The van der Waals surface area contributed by atoms with Crippen LogP contribution in [-0.2, 0) is 14.8 Å². The molecule has 0 saturated heterocycles. The predicted molar refractivity (Wildman–Crippen MR) is 141 cm³/mol. The van der Waals surface area contributed by atoms with Crippen LogP contribution in [0.1, 0.15) is 40.8 Å². The van der Waals surface area contributed by atoms with E-state index < -0.39 is 10.0 Å². The maximum atomic E-state index is 13.6. The molecule has 0 aliphatic heterocycles. The summed E-state index contributed by atoms with van der Waals surface area (Å²) in [7, 11) is -3.94. The number of hydrogen-bond acceptors (Lipinski definition) is 4. The second kappa shape index (κ2) is 10.7. The third-order valence-electron chi connectivity index (χ3n) is 5.98. The number of thioether (sulfide) groups is 1. The summed E-state index contributed by atoms with van der Waals surface area (Å²) >= 11 is 1.54. The second-order valence-electron chi connectivity index (χ2n) is 8.61. The number of nitrogens with one attached hydrogen (secondary N) is 1. The summed E-state index contributed by atoms with van der Waals surface area (Å²) in [5, 5.41) is 2.99. The van der Waals surface area contributed by atoms with Crippen LogP contribution in [0.4, 0.5) is 5.69 Å². The smallest absolute Gasteiger partial charge is 0.264 e. The quantitative estimate of drug-likeness (QED) is 0.405. The van der Waals surface area contributed by atoms with Crippen molar-refractivity contribution in [1.29, 1.82) is 0 Å². The van der Waals surface area contributed by atoms with Gasteiger partial charge in [-0.15, -0.1) is 11.8 Å². The van der Waals surface area contributed by atoms with Gasteiger partial charge in [-0.3, -0.25) is 9.10 Å². The van der Waals surface area contributed by atoms with Crippen molar-refractivity contribution in [1.82, 2.24) is 5.32 Å². The van der Waals surface area contributed by atoms with Crippen molar-refractivity contribution in [3.8, 4) is 0 Å². The number of sulfonamides is 1. The summed E-state index contributed by atoms with van der Waals surface area (Å²) < 4.78 is 28.3. The van der Waals surface area contributed by atoms with Crippen LogP contribution in [0.25, 0.3) is 0 Å². The van der Waals surface area contributed by atoms with Gasteiger partial charge in [-0.25, -0.2) is 8.42 Å². The number of aryl methyl sites for hydroxylation is 4.